The van der Waals surface area contributed by atoms with E-state index in [1.54, 1.807) is 86.6 Å². The average molecular weight is 609 g/mol. The van der Waals surface area contributed by atoms with Crippen LogP contribution in [0.4, 0.5) is 0 Å². The van der Waals surface area contributed by atoms with Gasteiger partial charge in [-0.3, -0.25) is 9.59 Å². The van der Waals surface area contributed by atoms with Crippen LogP contribution in [0.25, 0.3) is 0 Å². The number of aliphatic hydroxyl groups is 2. The Morgan fingerprint density at radius 3 is 1.82 bits per heavy atom. The van der Waals surface area contributed by atoms with Crippen LogP contribution < -0.4 is 0 Å². The molecule has 0 saturated carbocycles. The first kappa shape index (κ1) is 31.5. The van der Waals surface area contributed by atoms with Gasteiger partial charge in [0.1, 0.15) is 6.10 Å². The van der Waals surface area contributed by atoms with Gasteiger partial charge < -0.3 is 24.4 Å². The molecule has 5 rings (SSSR count). The molecule has 4 aromatic rings. The molecule has 1 heterocycles. The van der Waals surface area contributed by atoms with Gasteiger partial charge in [-0.25, -0.2) is 9.59 Å². The van der Waals surface area contributed by atoms with Gasteiger partial charge in [0.25, 0.3) is 0 Å². The minimum Gasteiger partial charge on any atom is -0.445 e. The molecule has 0 amide bonds. The first-order chi connectivity index (χ1) is 21.5. The Bertz CT molecular complexity index is 1740. The van der Waals surface area contributed by atoms with Crippen molar-refractivity contribution >= 4 is 23.5 Å². The van der Waals surface area contributed by atoms with Crippen molar-refractivity contribution in [3.8, 4) is 0 Å². The zero-order chi connectivity index (χ0) is 32.4. The Hall–Kier alpha value is -4.96. The third kappa shape index (κ3) is 5.69. The first-order valence-corrected chi connectivity index (χ1v) is 14.3. The number of carbonyl (C=O) groups is 4. The van der Waals surface area contributed by atoms with Crippen LogP contribution in [0.2, 0.25) is 0 Å². The van der Waals surface area contributed by atoms with E-state index in [-0.39, 0.29) is 22.3 Å². The number of esters is 2. The Labute approximate surface area is 260 Å². The second-order valence-corrected chi connectivity index (χ2v) is 11.1. The minimum atomic E-state index is -2.98. The van der Waals surface area contributed by atoms with Crippen molar-refractivity contribution in [1.82, 2.24) is 0 Å². The summed E-state index contributed by atoms with van der Waals surface area (Å²) in [5.41, 5.74) is -4.08. The van der Waals surface area contributed by atoms with Crippen LogP contribution in [0.15, 0.2) is 109 Å². The average Bonchev–Trinajstić information content (AvgIpc) is 3.27. The highest BCUT2D eigenvalue weighted by molar-refractivity contribution is 6.09. The molecular formula is C36H32O9. The summed E-state index contributed by atoms with van der Waals surface area (Å²) in [5.74, 6) is -4.04. The molecule has 1 aliphatic rings. The third-order valence-electron chi connectivity index (χ3n) is 8.13. The van der Waals surface area contributed by atoms with Crippen LogP contribution in [0.3, 0.4) is 0 Å². The lowest BCUT2D eigenvalue weighted by Crippen LogP contribution is -2.66. The second kappa shape index (κ2) is 12.6. The molecule has 1 fully saturated rings. The summed E-state index contributed by atoms with van der Waals surface area (Å²) in [5, 5.41) is 23.9. The van der Waals surface area contributed by atoms with Crippen molar-refractivity contribution in [3.05, 3.63) is 143 Å². The molecule has 0 spiro atoms. The molecule has 0 aliphatic carbocycles. The van der Waals surface area contributed by atoms with E-state index in [9.17, 15) is 29.4 Å². The standard InChI is InChI=1S/C36H32O9/c1-22-14-10-12-20-26(22)28(37)29(38)31-36(42,30(39)27-21-13-11-15-23(27)2)35(3,45-33(41)25-18-8-5-9-19-25)34(43-31)44-32(40)24-16-6-4-7-17-24/h4-21,28,31,34,37,42H,1-3H3/t28?,31-,34?,35+,36-/m1/s1. The largest absolute Gasteiger partial charge is 0.445 e. The van der Waals surface area contributed by atoms with Crippen molar-refractivity contribution in [3.63, 3.8) is 0 Å². The molecule has 1 saturated heterocycles. The molecular weight excluding hydrogens is 576 g/mol. The highest BCUT2D eigenvalue weighted by atomic mass is 16.7. The van der Waals surface area contributed by atoms with Gasteiger partial charge in [-0.15, -0.1) is 0 Å². The van der Waals surface area contributed by atoms with Gasteiger partial charge in [0, 0.05) is 5.56 Å². The summed E-state index contributed by atoms with van der Waals surface area (Å²) in [6.07, 6.45) is -5.96. The first-order valence-electron chi connectivity index (χ1n) is 14.3. The van der Waals surface area contributed by atoms with Crippen molar-refractivity contribution in [2.45, 2.75) is 50.5 Å². The maximum absolute atomic E-state index is 14.5. The van der Waals surface area contributed by atoms with Gasteiger partial charge in [0.15, 0.2) is 11.9 Å². The third-order valence-corrected chi connectivity index (χ3v) is 8.13. The Morgan fingerprint density at radius 1 is 0.733 bits per heavy atom. The van der Waals surface area contributed by atoms with E-state index >= 15 is 0 Å². The topological polar surface area (TPSA) is 136 Å². The second-order valence-electron chi connectivity index (χ2n) is 11.1. The number of benzene rings is 4. The van der Waals surface area contributed by atoms with Gasteiger partial charge in [-0.05, 0) is 61.7 Å². The number of rotatable bonds is 9. The molecule has 230 valence electrons. The summed E-state index contributed by atoms with van der Waals surface area (Å²) in [4.78, 5) is 55.4. The molecule has 0 aromatic heterocycles. The molecule has 2 N–H and O–H groups in total. The lowest BCUT2D eigenvalue weighted by Gasteiger charge is -2.39. The number of ether oxygens (including phenoxy) is 3. The van der Waals surface area contributed by atoms with Gasteiger partial charge in [0.2, 0.25) is 23.3 Å². The number of ketones is 2. The van der Waals surface area contributed by atoms with Crippen LogP contribution in [-0.2, 0) is 19.0 Å². The van der Waals surface area contributed by atoms with Crippen LogP contribution in [0, 0.1) is 13.8 Å². The van der Waals surface area contributed by atoms with Crippen LogP contribution in [0.5, 0.6) is 0 Å². The van der Waals surface area contributed by atoms with E-state index in [1.807, 2.05) is 0 Å². The number of Topliss-reactive ketones (excluding diaryl/α,β-unsaturated/α-hetero) is 2. The Balaban J connectivity index is 1.67. The van der Waals surface area contributed by atoms with E-state index in [0.717, 1.165) is 0 Å². The lowest BCUT2D eigenvalue weighted by atomic mass is 9.73. The molecule has 9 heteroatoms. The van der Waals surface area contributed by atoms with Crippen LogP contribution >= 0.6 is 0 Å². The van der Waals surface area contributed by atoms with E-state index in [0.29, 0.717) is 11.1 Å². The fourth-order valence-corrected chi connectivity index (χ4v) is 5.46. The van der Waals surface area contributed by atoms with Crippen molar-refractivity contribution in [2.24, 2.45) is 0 Å². The fraction of sp³-hybridized carbons (Fsp3) is 0.222. The van der Waals surface area contributed by atoms with Crippen molar-refractivity contribution < 1.29 is 43.6 Å². The smallest absolute Gasteiger partial charge is 0.340 e. The van der Waals surface area contributed by atoms with Crippen LogP contribution in [0.1, 0.15) is 60.8 Å². The number of aliphatic hydroxyl groups excluding tert-OH is 1. The predicted molar refractivity (Wildman–Crippen MR) is 162 cm³/mol. The van der Waals surface area contributed by atoms with E-state index < -0.39 is 53.2 Å². The van der Waals surface area contributed by atoms with Crippen molar-refractivity contribution in [1.29, 1.82) is 0 Å². The highest BCUT2D eigenvalue weighted by Gasteiger charge is 2.74. The zero-order valence-corrected chi connectivity index (χ0v) is 24.9. The molecule has 9 nitrogen and oxygen atoms in total. The number of hydrogen-bond acceptors (Lipinski definition) is 9. The summed E-state index contributed by atoms with van der Waals surface area (Å²) in [6, 6.07) is 28.5. The molecule has 4 aromatic carbocycles. The molecule has 0 bridgehead atoms. The van der Waals surface area contributed by atoms with E-state index in [4.69, 9.17) is 14.2 Å². The van der Waals surface area contributed by atoms with Gasteiger partial charge >= 0.3 is 11.9 Å². The normalized spacial score (nSPS) is 23.1. The van der Waals surface area contributed by atoms with Crippen LogP contribution in [-0.4, -0.2) is 57.3 Å². The summed E-state index contributed by atoms with van der Waals surface area (Å²) >= 11 is 0. The molecule has 45 heavy (non-hydrogen) atoms. The SMILES string of the molecule is Cc1ccccc1C(=O)[C@@]1(O)[C@@H](C(=O)C(O)c2ccccc2C)OC(OC(=O)c2ccccc2)[C@]1(C)OC(=O)c1ccccc1. The Kier molecular flexibility index (Phi) is 8.79. The molecule has 1 aliphatic heterocycles. The summed E-state index contributed by atoms with van der Waals surface area (Å²) in [6.45, 7) is 4.48. The maximum atomic E-state index is 14.5. The Morgan fingerprint density at radius 2 is 1.24 bits per heavy atom. The molecule has 5 atom stereocenters. The molecule has 0 radical (unpaired) electrons. The lowest BCUT2D eigenvalue weighted by molar-refractivity contribution is -0.181. The quantitative estimate of drug-likeness (QED) is 0.204. The maximum Gasteiger partial charge on any atom is 0.340 e. The fourth-order valence-electron chi connectivity index (χ4n) is 5.46. The summed E-state index contributed by atoms with van der Waals surface area (Å²) < 4.78 is 17.5. The van der Waals surface area contributed by atoms with E-state index in [1.165, 1.54) is 43.3 Å². The number of hydrogen-bond donors (Lipinski definition) is 2. The molecule has 2 unspecified atom stereocenters. The van der Waals surface area contributed by atoms with Gasteiger partial charge in [0.05, 0.1) is 11.1 Å². The summed E-state index contributed by atoms with van der Waals surface area (Å²) in [7, 11) is 0. The minimum absolute atomic E-state index is 0.00352. The monoisotopic (exact) mass is 608 g/mol. The number of carbonyl (C=O) groups excluding carboxylic acids is 4. The number of aryl methyl sites for hydroxylation is 2. The van der Waals surface area contributed by atoms with Gasteiger partial charge in [-0.2, -0.15) is 0 Å². The zero-order valence-electron chi connectivity index (χ0n) is 24.9. The predicted octanol–water partition coefficient (Wildman–Crippen LogP) is 4.72. The highest BCUT2D eigenvalue weighted by Crippen LogP contribution is 2.47. The van der Waals surface area contributed by atoms with E-state index in [2.05, 4.69) is 0 Å². The van der Waals surface area contributed by atoms with Crippen molar-refractivity contribution in [2.75, 3.05) is 0 Å². The van der Waals surface area contributed by atoms with Gasteiger partial charge in [-0.1, -0.05) is 84.9 Å².